The van der Waals surface area contributed by atoms with E-state index in [0.717, 1.165) is 18.2 Å². The van der Waals surface area contributed by atoms with Crippen LogP contribution in [0.15, 0.2) is 18.2 Å². The van der Waals surface area contributed by atoms with Crippen molar-refractivity contribution in [3.05, 3.63) is 28.3 Å². The van der Waals surface area contributed by atoms with Gasteiger partial charge in [-0.3, -0.25) is 10.1 Å². The van der Waals surface area contributed by atoms with Crippen LogP contribution < -0.4 is 11.1 Å². The minimum Gasteiger partial charge on any atom is -0.397 e. The van der Waals surface area contributed by atoms with E-state index in [4.69, 9.17) is 5.73 Å². The Hall–Kier alpha value is -1.78. The summed E-state index contributed by atoms with van der Waals surface area (Å²) in [6.07, 6.45) is 3.84. The first-order valence-electron chi connectivity index (χ1n) is 6.35. The highest BCUT2D eigenvalue weighted by Crippen LogP contribution is 2.32. The number of rotatable bonds is 4. The summed E-state index contributed by atoms with van der Waals surface area (Å²) in [6.45, 7) is 3.17. The maximum Gasteiger partial charge on any atom is 0.271 e. The lowest BCUT2D eigenvalue weighted by atomic mass is 9.98. The number of anilines is 2. The average Bonchev–Trinajstić information content (AvgIpc) is 2.73. The van der Waals surface area contributed by atoms with Crippen molar-refractivity contribution in [2.75, 3.05) is 17.6 Å². The second kappa shape index (κ2) is 5.25. The van der Waals surface area contributed by atoms with Crippen molar-refractivity contribution in [2.45, 2.75) is 26.2 Å². The summed E-state index contributed by atoms with van der Waals surface area (Å²) in [5.74, 6) is 1.43. The third-order valence-corrected chi connectivity index (χ3v) is 3.84. The summed E-state index contributed by atoms with van der Waals surface area (Å²) in [5, 5.41) is 13.9. The fraction of sp³-hybridized carbons (Fsp3) is 0.538. The van der Waals surface area contributed by atoms with E-state index >= 15 is 0 Å². The van der Waals surface area contributed by atoms with Crippen LogP contribution in [0.25, 0.3) is 0 Å². The van der Waals surface area contributed by atoms with Crippen molar-refractivity contribution in [1.82, 2.24) is 0 Å². The van der Waals surface area contributed by atoms with Gasteiger partial charge in [0.2, 0.25) is 0 Å². The van der Waals surface area contributed by atoms with Gasteiger partial charge in [-0.2, -0.15) is 0 Å². The van der Waals surface area contributed by atoms with Gasteiger partial charge in [-0.25, -0.2) is 0 Å². The van der Waals surface area contributed by atoms with Gasteiger partial charge < -0.3 is 11.1 Å². The van der Waals surface area contributed by atoms with Gasteiger partial charge >= 0.3 is 0 Å². The van der Waals surface area contributed by atoms with Crippen molar-refractivity contribution >= 4 is 17.1 Å². The van der Waals surface area contributed by atoms with Gasteiger partial charge in [0.15, 0.2) is 0 Å². The summed E-state index contributed by atoms with van der Waals surface area (Å²) in [4.78, 5) is 10.2. The predicted octanol–water partition coefficient (Wildman–Crippen LogP) is 3.03. The molecule has 1 fully saturated rings. The molecule has 5 nitrogen and oxygen atoms in total. The largest absolute Gasteiger partial charge is 0.397 e. The number of hydrogen-bond acceptors (Lipinski definition) is 4. The van der Waals surface area contributed by atoms with Gasteiger partial charge in [-0.05, 0) is 24.3 Å². The molecule has 0 bridgehead atoms. The van der Waals surface area contributed by atoms with Crippen molar-refractivity contribution in [3.63, 3.8) is 0 Å². The van der Waals surface area contributed by atoms with E-state index in [-0.39, 0.29) is 5.69 Å². The van der Waals surface area contributed by atoms with Crippen LogP contribution in [0.4, 0.5) is 17.1 Å². The van der Waals surface area contributed by atoms with E-state index in [1.54, 1.807) is 6.07 Å². The molecule has 0 heterocycles. The molecular formula is C13H19N3O2. The molecular weight excluding hydrogens is 230 g/mol. The molecule has 98 valence electrons. The van der Waals surface area contributed by atoms with Crippen molar-refractivity contribution < 1.29 is 4.92 Å². The first-order valence-corrected chi connectivity index (χ1v) is 6.35. The fourth-order valence-electron chi connectivity index (χ4n) is 2.59. The summed E-state index contributed by atoms with van der Waals surface area (Å²) in [6, 6.07) is 4.57. The molecule has 2 atom stereocenters. The molecule has 0 aliphatic heterocycles. The normalized spacial score (nSPS) is 22.9. The smallest absolute Gasteiger partial charge is 0.271 e. The van der Waals surface area contributed by atoms with Gasteiger partial charge in [0, 0.05) is 18.7 Å². The highest BCUT2D eigenvalue weighted by molar-refractivity contribution is 5.69. The zero-order chi connectivity index (χ0) is 13.1. The van der Waals surface area contributed by atoms with Crippen LogP contribution in [0, 0.1) is 22.0 Å². The summed E-state index contributed by atoms with van der Waals surface area (Å²) >= 11 is 0. The van der Waals surface area contributed by atoms with E-state index in [1.165, 1.54) is 31.4 Å². The fourth-order valence-corrected chi connectivity index (χ4v) is 2.59. The van der Waals surface area contributed by atoms with Crippen molar-refractivity contribution in [1.29, 1.82) is 0 Å². The zero-order valence-corrected chi connectivity index (χ0v) is 10.6. The molecule has 1 aromatic rings. The van der Waals surface area contributed by atoms with Crippen LogP contribution in [-0.2, 0) is 0 Å². The highest BCUT2D eigenvalue weighted by Gasteiger charge is 2.23. The Morgan fingerprint density at radius 1 is 1.50 bits per heavy atom. The molecule has 1 saturated carbocycles. The summed E-state index contributed by atoms with van der Waals surface area (Å²) in [7, 11) is 0. The Bertz CT molecular complexity index is 448. The van der Waals surface area contributed by atoms with Crippen LogP contribution >= 0.6 is 0 Å². The van der Waals surface area contributed by atoms with E-state index < -0.39 is 4.92 Å². The van der Waals surface area contributed by atoms with Gasteiger partial charge in [0.25, 0.3) is 5.69 Å². The Labute approximate surface area is 107 Å². The predicted molar refractivity (Wildman–Crippen MR) is 72.5 cm³/mol. The van der Waals surface area contributed by atoms with E-state index in [2.05, 4.69) is 12.2 Å². The number of benzene rings is 1. The summed E-state index contributed by atoms with van der Waals surface area (Å²) < 4.78 is 0. The minimum absolute atomic E-state index is 0.0345. The molecule has 0 radical (unpaired) electrons. The standard InChI is InChI=1S/C13H19N3O2/c1-9-3-2-4-10(9)8-15-13-6-5-11(16(17)18)7-12(13)14/h5-7,9-10,15H,2-4,8,14H2,1H3. The van der Waals surface area contributed by atoms with Crippen molar-refractivity contribution in [3.8, 4) is 0 Å². The van der Waals surface area contributed by atoms with Crippen LogP contribution in [0.1, 0.15) is 26.2 Å². The molecule has 2 rings (SSSR count). The van der Waals surface area contributed by atoms with E-state index in [1.807, 2.05) is 0 Å². The third kappa shape index (κ3) is 2.72. The Balaban J connectivity index is 1.99. The molecule has 1 aliphatic rings. The molecule has 18 heavy (non-hydrogen) atoms. The molecule has 1 aliphatic carbocycles. The molecule has 2 unspecified atom stereocenters. The Kier molecular flexibility index (Phi) is 3.69. The maximum absolute atomic E-state index is 10.6. The molecule has 3 N–H and O–H groups in total. The SMILES string of the molecule is CC1CCCC1CNc1ccc([N+](=O)[O-])cc1N. The monoisotopic (exact) mass is 249 g/mol. The number of nitrogens with zero attached hydrogens (tertiary/aromatic N) is 1. The topological polar surface area (TPSA) is 81.2 Å². The quantitative estimate of drug-likeness (QED) is 0.488. The number of non-ortho nitro benzene ring substituents is 1. The highest BCUT2D eigenvalue weighted by atomic mass is 16.6. The molecule has 0 aromatic heterocycles. The van der Waals surface area contributed by atoms with Crippen LogP contribution in [0.3, 0.4) is 0 Å². The summed E-state index contributed by atoms with van der Waals surface area (Å²) in [5.41, 5.74) is 7.08. The molecule has 0 saturated heterocycles. The molecule has 5 heteroatoms. The van der Waals surface area contributed by atoms with Crippen LogP contribution in [0.5, 0.6) is 0 Å². The Morgan fingerprint density at radius 3 is 2.83 bits per heavy atom. The first kappa shape index (κ1) is 12.7. The lowest BCUT2D eigenvalue weighted by Crippen LogP contribution is -2.17. The third-order valence-electron chi connectivity index (χ3n) is 3.84. The van der Waals surface area contributed by atoms with Crippen LogP contribution in [-0.4, -0.2) is 11.5 Å². The number of nitrogens with two attached hydrogens (primary N) is 1. The van der Waals surface area contributed by atoms with Gasteiger partial charge in [-0.15, -0.1) is 0 Å². The number of nitro groups is 1. The van der Waals surface area contributed by atoms with Crippen LogP contribution in [0.2, 0.25) is 0 Å². The lowest BCUT2D eigenvalue weighted by Gasteiger charge is -2.17. The Morgan fingerprint density at radius 2 is 2.28 bits per heavy atom. The zero-order valence-electron chi connectivity index (χ0n) is 10.6. The second-order valence-electron chi connectivity index (χ2n) is 5.08. The molecule has 0 amide bonds. The van der Waals surface area contributed by atoms with E-state index in [9.17, 15) is 10.1 Å². The average molecular weight is 249 g/mol. The van der Waals surface area contributed by atoms with E-state index in [0.29, 0.717) is 11.6 Å². The number of nitrogens with one attached hydrogen (secondary N) is 1. The minimum atomic E-state index is -0.431. The second-order valence-corrected chi connectivity index (χ2v) is 5.08. The van der Waals surface area contributed by atoms with Gasteiger partial charge in [-0.1, -0.05) is 19.8 Å². The maximum atomic E-state index is 10.6. The number of hydrogen-bond donors (Lipinski definition) is 2. The molecule has 0 spiro atoms. The van der Waals surface area contributed by atoms with Gasteiger partial charge in [0.05, 0.1) is 16.3 Å². The number of nitrogen functional groups attached to an aromatic ring is 1. The van der Waals surface area contributed by atoms with Gasteiger partial charge in [0.1, 0.15) is 0 Å². The van der Waals surface area contributed by atoms with Crippen molar-refractivity contribution in [2.24, 2.45) is 11.8 Å². The number of nitro benzene ring substituents is 1. The lowest BCUT2D eigenvalue weighted by molar-refractivity contribution is -0.384. The first-order chi connectivity index (χ1) is 8.58. The molecule has 1 aromatic carbocycles.